The highest BCUT2D eigenvalue weighted by molar-refractivity contribution is 4.86. The monoisotopic (exact) mass is 139 g/mol. The molecular formula is C8H13NO. The van der Waals surface area contributed by atoms with Gasteiger partial charge < -0.3 is 4.74 Å². The number of hydrogen-bond acceptors (Lipinski definition) is 2. The van der Waals surface area contributed by atoms with Gasteiger partial charge in [-0.1, -0.05) is 0 Å². The van der Waals surface area contributed by atoms with Gasteiger partial charge in [0.25, 0.3) is 0 Å². The summed E-state index contributed by atoms with van der Waals surface area (Å²) in [5, 5.41) is 8.56. The Kier molecular flexibility index (Phi) is 2.70. The Balaban J connectivity index is 2.33. The first-order valence-corrected chi connectivity index (χ1v) is 3.86. The molecule has 0 N–H and O–H groups in total. The van der Waals surface area contributed by atoms with Gasteiger partial charge in [-0.25, -0.2) is 0 Å². The first kappa shape index (κ1) is 7.56. The quantitative estimate of drug-likeness (QED) is 0.554. The minimum atomic E-state index is 0.0697. The molecule has 1 aliphatic rings. The Hall–Kier alpha value is -0.550. The fraction of sp³-hybridized carbons (Fsp3) is 0.875. The SMILES string of the molecule is CC(C#N)C1CCCCO1. The Labute approximate surface area is 61.8 Å². The van der Waals surface area contributed by atoms with Crippen molar-refractivity contribution in [3.05, 3.63) is 0 Å². The van der Waals surface area contributed by atoms with Crippen molar-refractivity contribution in [3.63, 3.8) is 0 Å². The van der Waals surface area contributed by atoms with E-state index in [0.717, 1.165) is 19.4 Å². The van der Waals surface area contributed by atoms with Crippen molar-refractivity contribution < 1.29 is 4.74 Å². The van der Waals surface area contributed by atoms with Crippen LogP contribution in [-0.4, -0.2) is 12.7 Å². The van der Waals surface area contributed by atoms with E-state index in [1.54, 1.807) is 0 Å². The van der Waals surface area contributed by atoms with Gasteiger partial charge in [-0.2, -0.15) is 5.26 Å². The maximum absolute atomic E-state index is 8.56. The Morgan fingerprint density at radius 1 is 1.60 bits per heavy atom. The van der Waals surface area contributed by atoms with Crippen LogP contribution in [-0.2, 0) is 4.74 Å². The van der Waals surface area contributed by atoms with Crippen LogP contribution in [0.4, 0.5) is 0 Å². The van der Waals surface area contributed by atoms with Gasteiger partial charge in [0.2, 0.25) is 0 Å². The molecule has 1 aliphatic heterocycles. The van der Waals surface area contributed by atoms with E-state index in [1.165, 1.54) is 6.42 Å². The molecule has 56 valence electrons. The van der Waals surface area contributed by atoms with Crippen LogP contribution in [0.5, 0.6) is 0 Å². The van der Waals surface area contributed by atoms with E-state index in [1.807, 2.05) is 6.92 Å². The molecular weight excluding hydrogens is 126 g/mol. The van der Waals surface area contributed by atoms with Gasteiger partial charge in [-0.3, -0.25) is 0 Å². The fourth-order valence-electron chi connectivity index (χ4n) is 1.24. The first-order valence-electron chi connectivity index (χ1n) is 3.86. The van der Waals surface area contributed by atoms with Crippen LogP contribution in [0.15, 0.2) is 0 Å². The molecule has 0 aliphatic carbocycles. The Bertz CT molecular complexity index is 133. The van der Waals surface area contributed by atoms with Crippen molar-refractivity contribution in [2.45, 2.75) is 32.3 Å². The van der Waals surface area contributed by atoms with Gasteiger partial charge in [0.1, 0.15) is 0 Å². The average Bonchev–Trinajstić information content (AvgIpc) is 2.05. The molecule has 0 aromatic carbocycles. The Morgan fingerprint density at radius 3 is 2.90 bits per heavy atom. The topological polar surface area (TPSA) is 33.0 Å². The van der Waals surface area contributed by atoms with Crippen molar-refractivity contribution in [2.24, 2.45) is 5.92 Å². The van der Waals surface area contributed by atoms with E-state index in [0.29, 0.717) is 0 Å². The highest BCUT2D eigenvalue weighted by atomic mass is 16.5. The second-order valence-electron chi connectivity index (χ2n) is 2.82. The van der Waals surface area contributed by atoms with E-state index in [-0.39, 0.29) is 12.0 Å². The lowest BCUT2D eigenvalue weighted by atomic mass is 9.99. The minimum absolute atomic E-state index is 0.0697. The lowest BCUT2D eigenvalue weighted by Gasteiger charge is -2.23. The molecule has 0 aromatic rings. The summed E-state index contributed by atoms with van der Waals surface area (Å²) < 4.78 is 5.41. The van der Waals surface area contributed by atoms with E-state index < -0.39 is 0 Å². The molecule has 0 saturated carbocycles. The van der Waals surface area contributed by atoms with E-state index >= 15 is 0 Å². The second-order valence-corrected chi connectivity index (χ2v) is 2.82. The van der Waals surface area contributed by atoms with Crippen molar-refractivity contribution in [1.82, 2.24) is 0 Å². The maximum Gasteiger partial charge on any atom is 0.0730 e. The second kappa shape index (κ2) is 3.58. The van der Waals surface area contributed by atoms with Gasteiger partial charge in [0.05, 0.1) is 18.1 Å². The largest absolute Gasteiger partial charge is 0.377 e. The number of hydrogen-bond donors (Lipinski definition) is 0. The van der Waals surface area contributed by atoms with Crippen molar-refractivity contribution >= 4 is 0 Å². The minimum Gasteiger partial charge on any atom is -0.377 e. The summed E-state index contributed by atoms with van der Waals surface area (Å²) in [5.74, 6) is 0.0697. The van der Waals surface area contributed by atoms with Crippen molar-refractivity contribution in [1.29, 1.82) is 5.26 Å². The molecule has 2 nitrogen and oxygen atoms in total. The molecule has 2 heteroatoms. The number of nitriles is 1. The van der Waals surface area contributed by atoms with Gasteiger partial charge in [0.15, 0.2) is 0 Å². The van der Waals surface area contributed by atoms with Crippen LogP contribution in [0.2, 0.25) is 0 Å². The molecule has 0 radical (unpaired) electrons. The molecule has 1 heterocycles. The summed E-state index contributed by atoms with van der Waals surface area (Å²) in [6.07, 6.45) is 3.65. The molecule has 0 aromatic heterocycles. The molecule has 2 atom stereocenters. The predicted octanol–water partition coefficient (Wildman–Crippen LogP) is 1.72. The third kappa shape index (κ3) is 1.71. The smallest absolute Gasteiger partial charge is 0.0730 e. The highest BCUT2D eigenvalue weighted by Crippen LogP contribution is 2.18. The fourth-order valence-corrected chi connectivity index (χ4v) is 1.24. The van der Waals surface area contributed by atoms with Crippen LogP contribution in [0.3, 0.4) is 0 Å². The van der Waals surface area contributed by atoms with Crippen LogP contribution < -0.4 is 0 Å². The average molecular weight is 139 g/mol. The van der Waals surface area contributed by atoms with E-state index in [9.17, 15) is 0 Å². The third-order valence-electron chi connectivity index (χ3n) is 1.98. The van der Waals surface area contributed by atoms with Crippen LogP contribution in [0, 0.1) is 17.2 Å². The summed E-state index contributed by atoms with van der Waals surface area (Å²) in [6, 6.07) is 2.21. The van der Waals surface area contributed by atoms with Gasteiger partial charge in [0, 0.05) is 6.61 Å². The predicted molar refractivity (Wildman–Crippen MR) is 38.4 cm³/mol. The van der Waals surface area contributed by atoms with Crippen LogP contribution in [0.25, 0.3) is 0 Å². The van der Waals surface area contributed by atoms with Crippen molar-refractivity contribution in [3.8, 4) is 6.07 Å². The first-order chi connectivity index (χ1) is 4.84. The van der Waals surface area contributed by atoms with Crippen molar-refractivity contribution in [2.75, 3.05) is 6.61 Å². The van der Waals surface area contributed by atoms with Crippen LogP contribution in [0.1, 0.15) is 26.2 Å². The molecule has 1 fully saturated rings. The molecule has 0 amide bonds. The maximum atomic E-state index is 8.56. The summed E-state index contributed by atoms with van der Waals surface area (Å²) in [6.45, 7) is 2.77. The number of rotatable bonds is 1. The molecule has 2 unspecified atom stereocenters. The number of ether oxygens (including phenoxy) is 1. The summed E-state index contributed by atoms with van der Waals surface area (Å²) >= 11 is 0. The summed E-state index contributed by atoms with van der Waals surface area (Å²) in [4.78, 5) is 0. The van der Waals surface area contributed by atoms with Crippen LogP contribution >= 0.6 is 0 Å². The zero-order valence-corrected chi connectivity index (χ0v) is 6.34. The third-order valence-corrected chi connectivity index (χ3v) is 1.98. The summed E-state index contributed by atoms with van der Waals surface area (Å²) in [7, 11) is 0. The standard InChI is InChI=1S/C8H13NO/c1-7(6-9)8-4-2-3-5-10-8/h7-8H,2-5H2,1H3. The molecule has 1 rings (SSSR count). The molecule has 0 bridgehead atoms. The van der Waals surface area contributed by atoms with E-state index in [4.69, 9.17) is 10.00 Å². The van der Waals surface area contributed by atoms with Gasteiger partial charge >= 0.3 is 0 Å². The Morgan fingerprint density at radius 2 is 2.40 bits per heavy atom. The van der Waals surface area contributed by atoms with Gasteiger partial charge in [-0.15, -0.1) is 0 Å². The normalized spacial score (nSPS) is 29.0. The number of nitrogens with zero attached hydrogens (tertiary/aromatic N) is 1. The van der Waals surface area contributed by atoms with E-state index in [2.05, 4.69) is 6.07 Å². The summed E-state index contributed by atoms with van der Waals surface area (Å²) in [5.41, 5.74) is 0. The zero-order valence-electron chi connectivity index (χ0n) is 6.34. The molecule has 0 spiro atoms. The zero-order chi connectivity index (χ0) is 7.40. The molecule has 10 heavy (non-hydrogen) atoms. The molecule has 1 saturated heterocycles. The highest BCUT2D eigenvalue weighted by Gasteiger charge is 2.19. The lowest BCUT2D eigenvalue weighted by molar-refractivity contribution is -0.00310. The lowest BCUT2D eigenvalue weighted by Crippen LogP contribution is -2.24. The van der Waals surface area contributed by atoms with Gasteiger partial charge in [-0.05, 0) is 26.2 Å².